The lowest BCUT2D eigenvalue weighted by Crippen LogP contribution is -2.43. The van der Waals surface area contributed by atoms with Gasteiger partial charge in [0, 0.05) is 37.1 Å². The number of anilines is 2. The highest BCUT2D eigenvalue weighted by Crippen LogP contribution is 2.25. The average Bonchev–Trinajstić information content (AvgIpc) is 2.49. The summed E-state index contributed by atoms with van der Waals surface area (Å²) >= 11 is 0. The molecule has 1 atom stereocenters. The Labute approximate surface area is 122 Å². The SMILES string of the molecule is C.C[C@H]1COCCN1c1cccc(N2CCOCC2)c1. The Morgan fingerprint density at radius 1 is 1.00 bits per heavy atom. The monoisotopic (exact) mass is 278 g/mol. The van der Waals surface area contributed by atoms with Gasteiger partial charge in [-0.05, 0) is 25.1 Å². The highest BCUT2D eigenvalue weighted by atomic mass is 16.5. The van der Waals surface area contributed by atoms with Crippen LogP contribution in [-0.4, -0.2) is 52.1 Å². The molecule has 2 heterocycles. The molecule has 0 radical (unpaired) electrons. The molecule has 0 spiro atoms. The maximum atomic E-state index is 5.51. The van der Waals surface area contributed by atoms with Crippen LogP contribution >= 0.6 is 0 Å². The van der Waals surface area contributed by atoms with Crippen LogP contribution in [0.5, 0.6) is 0 Å². The summed E-state index contributed by atoms with van der Waals surface area (Å²) in [5.41, 5.74) is 2.61. The van der Waals surface area contributed by atoms with Crippen molar-refractivity contribution in [2.24, 2.45) is 0 Å². The summed E-state index contributed by atoms with van der Waals surface area (Å²) in [5, 5.41) is 0. The van der Waals surface area contributed by atoms with Crippen molar-refractivity contribution in [3.63, 3.8) is 0 Å². The third-order valence-corrected chi connectivity index (χ3v) is 3.91. The van der Waals surface area contributed by atoms with Gasteiger partial charge in [0.1, 0.15) is 0 Å². The molecule has 0 unspecified atom stereocenters. The third-order valence-electron chi connectivity index (χ3n) is 3.91. The first-order valence-corrected chi connectivity index (χ1v) is 7.12. The fourth-order valence-electron chi connectivity index (χ4n) is 2.80. The Balaban J connectivity index is 0.00000147. The van der Waals surface area contributed by atoms with Gasteiger partial charge in [-0.25, -0.2) is 0 Å². The zero-order valence-electron chi connectivity index (χ0n) is 11.5. The van der Waals surface area contributed by atoms with Gasteiger partial charge in [-0.1, -0.05) is 13.5 Å². The molecule has 0 amide bonds. The summed E-state index contributed by atoms with van der Waals surface area (Å²) in [4.78, 5) is 4.84. The molecule has 0 N–H and O–H groups in total. The molecule has 4 nitrogen and oxygen atoms in total. The summed E-state index contributed by atoms with van der Waals surface area (Å²) in [6, 6.07) is 9.30. The second-order valence-electron chi connectivity index (χ2n) is 5.24. The smallest absolute Gasteiger partial charge is 0.0668 e. The molecular formula is C16H26N2O2. The molecule has 20 heavy (non-hydrogen) atoms. The molecule has 3 rings (SSSR count). The van der Waals surface area contributed by atoms with Crippen LogP contribution < -0.4 is 9.80 Å². The summed E-state index contributed by atoms with van der Waals surface area (Å²) in [5.74, 6) is 0. The maximum absolute atomic E-state index is 5.51. The highest BCUT2D eigenvalue weighted by molar-refractivity contribution is 5.60. The zero-order valence-corrected chi connectivity index (χ0v) is 11.5. The fourth-order valence-corrected chi connectivity index (χ4v) is 2.80. The van der Waals surface area contributed by atoms with Gasteiger partial charge in [0.25, 0.3) is 0 Å². The van der Waals surface area contributed by atoms with Gasteiger partial charge in [-0.15, -0.1) is 0 Å². The summed E-state index contributed by atoms with van der Waals surface area (Å²) < 4.78 is 10.9. The third kappa shape index (κ3) is 3.25. The van der Waals surface area contributed by atoms with Crippen LogP contribution in [0.15, 0.2) is 24.3 Å². The number of benzene rings is 1. The topological polar surface area (TPSA) is 24.9 Å². The molecule has 0 bridgehead atoms. The number of hydrogen-bond donors (Lipinski definition) is 0. The van der Waals surface area contributed by atoms with Gasteiger partial charge < -0.3 is 19.3 Å². The van der Waals surface area contributed by atoms with Crippen LogP contribution in [0.4, 0.5) is 11.4 Å². The largest absolute Gasteiger partial charge is 0.378 e. The lowest BCUT2D eigenvalue weighted by Gasteiger charge is -2.36. The predicted octanol–water partition coefficient (Wildman–Crippen LogP) is 2.38. The van der Waals surface area contributed by atoms with Crippen molar-refractivity contribution >= 4 is 11.4 Å². The van der Waals surface area contributed by atoms with E-state index in [0.717, 1.165) is 46.1 Å². The van der Waals surface area contributed by atoms with Crippen LogP contribution in [0.1, 0.15) is 14.4 Å². The van der Waals surface area contributed by atoms with Crippen molar-refractivity contribution in [2.75, 3.05) is 55.9 Å². The Kier molecular flexibility index (Phi) is 5.26. The standard InChI is InChI=1S/C15H22N2O2.CH4/c1-13-12-19-10-7-17(13)15-4-2-3-14(11-15)16-5-8-18-9-6-16;/h2-4,11,13H,5-10,12H2,1H3;1H4/t13-;/m0./s1. The van der Waals surface area contributed by atoms with Crippen molar-refractivity contribution in [2.45, 2.75) is 20.4 Å². The predicted molar refractivity (Wildman–Crippen MR) is 83.8 cm³/mol. The zero-order chi connectivity index (χ0) is 13.1. The molecule has 2 aliphatic rings. The highest BCUT2D eigenvalue weighted by Gasteiger charge is 2.20. The second kappa shape index (κ2) is 6.95. The molecule has 0 aromatic heterocycles. The molecule has 1 aromatic carbocycles. The lowest BCUT2D eigenvalue weighted by atomic mass is 10.2. The number of hydrogen-bond acceptors (Lipinski definition) is 4. The van der Waals surface area contributed by atoms with Gasteiger partial charge in [0.15, 0.2) is 0 Å². The van der Waals surface area contributed by atoms with Gasteiger partial charge in [-0.3, -0.25) is 0 Å². The molecule has 4 heteroatoms. The minimum Gasteiger partial charge on any atom is -0.378 e. The Morgan fingerprint density at radius 3 is 2.45 bits per heavy atom. The van der Waals surface area contributed by atoms with Gasteiger partial charge >= 0.3 is 0 Å². The van der Waals surface area contributed by atoms with Crippen molar-refractivity contribution in [3.05, 3.63) is 24.3 Å². The fraction of sp³-hybridized carbons (Fsp3) is 0.625. The first-order valence-electron chi connectivity index (χ1n) is 7.12. The summed E-state index contributed by atoms with van der Waals surface area (Å²) in [6.07, 6.45) is 0. The number of nitrogens with zero attached hydrogens (tertiary/aromatic N) is 2. The number of morpholine rings is 2. The van der Waals surface area contributed by atoms with E-state index < -0.39 is 0 Å². The second-order valence-corrected chi connectivity index (χ2v) is 5.24. The van der Waals surface area contributed by atoms with E-state index >= 15 is 0 Å². The van der Waals surface area contributed by atoms with E-state index in [-0.39, 0.29) is 7.43 Å². The van der Waals surface area contributed by atoms with Gasteiger partial charge in [0.05, 0.1) is 26.4 Å². The van der Waals surface area contributed by atoms with Crippen molar-refractivity contribution in [1.82, 2.24) is 0 Å². The summed E-state index contributed by atoms with van der Waals surface area (Å²) in [7, 11) is 0. The molecule has 0 aliphatic carbocycles. The van der Waals surface area contributed by atoms with E-state index in [9.17, 15) is 0 Å². The van der Waals surface area contributed by atoms with Crippen LogP contribution in [-0.2, 0) is 9.47 Å². The van der Waals surface area contributed by atoms with E-state index in [1.54, 1.807) is 0 Å². The van der Waals surface area contributed by atoms with Gasteiger partial charge in [0.2, 0.25) is 0 Å². The Hall–Kier alpha value is -1.26. The molecule has 0 saturated carbocycles. The van der Waals surface area contributed by atoms with Gasteiger partial charge in [-0.2, -0.15) is 0 Å². The van der Waals surface area contributed by atoms with E-state index in [1.807, 2.05) is 0 Å². The van der Waals surface area contributed by atoms with Crippen molar-refractivity contribution in [3.8, 4) is 0 Å². The number of rotatable bonds is 2. The molecule has 2 saturated heterocycles. The molecule has 112 valence electrons. The Morgan fingerprint density at radius 2 is 1.70 bits per heavy atom. The van der Waals surface area contributed by atoms with E-state index in [0.29, 0.717) is 6.04 Å². The first-order chi connectivity index (χ1) is 9.34. The first kappa shape index (κ1) is 15.1. The quantitative estimate of drug-likeness (QED) is 0.829. The normalized spacial score (nSPS) is 23.4. The van der Waals surface area contributed by atoms with Crippen molar-refractivity contribution < 1.29 is 9.47 Å². The van der Waals surface area contributed by atoms with Crippen LogP contribution in [0.3, 0.4) is 0 Å². The van der Waals surface area contributed by atoms with Crippen LogP contribution in [0, 0.1) is 0 Å². The molecule has 1 aromatic rings. The van der Waals surface area contributed by atoms with Crippen LogP contribution in [0.25, 0.3) is 0 Å². The van der Waals surface area contributed by atoms with E-state index in [1.165, 1.54) is 11.4 Å². The average molecular weight is 278 g/mol. The van der Waals surface area contributed by atoms with E-state index in [2.05, 4.69) is 41.0 Å². The molecule has 2 aliphatic heterocycles. The van der Waals surface area contributed by atoms with Crippen LogP contribution in [0.2, 0.25) is 0 Å². The molecule has 2 fully saturated rings. The summed E-state index contributed by atoms with van der Waals surface area (Å²) in [6.45, 7) is 8.49. The minimum absolute atomic E-state index is 0. The number of ether oxygens (including phenoxy) is 2. The maximum Gasteiger partial charge on any atom is 0.0668 e. The Bertz CT molecular complexity index is 419. The van der Waals surface area contributed by atoms with Crippen molar-refractivity contribution in [1.29, 1.82) is 0 Å². The molecular weight excluding hydrogens is 252 g/mol. The minimum atomic E-state index is 0. The lowest BCUT2D eigenvalue weighted by molar-refractivity contribution is 0.0989. The van der Waals surface area contributed by atoms with E-state index in [4.69, 9.17) is 9.47 Å².